The molecule has 8 heteroatoms. The Balaban J connectivity index is -0.000000180. The Morgan fingerprint density at radius 1 is 1.56 bits per heavy atom. The van der Waals surface area contributed by atoms with Gasteiger partial charge in [-0.3, -0.25) is 8.74 Å². The molecule has 0 saturated heterocycles. The summed E-state index contributed by atoms with van der Waals surface area (Å²) < 4.78 is 29.3. The zero-order valence-corrected chi connectivity index (χ0v) is 6.01. The molecule has 0 aliphatic heterocycles. The van der Waals surface area contributed by atoms with E-state index in [9.17, 15) is 8.42 Å². The number of hydrogen-bond donors (Lipinski definition) is 2. The third-order valence-electron chi connectivity index (χ3n) is 0.143. The fourth-order valence-electron chi connectivity index (χ4n) is 0.0471. The SMILES string of the molecule is N.N#COS(=O)(=O)O.[Fe]. The second-order valence-corrected chi connectivity index (χ2v) is 1.62. The normalized spacial score (nSPS) is 7.56. The van der Waals surface area contributed by atoms with E-state index in [1.165, 1.54) is 0 Å². The molecule has 0 unspecified atom stereocenters. The summed E-state index contributed by atoms with van der Waals surface area (Å²) in [6.45, 7) is 0. The minimum absolute atomic E-state index is 0. The predicted octanol–water partition coefficient (Wildman–Crippen LogP) is -0.554. The minimum Gasteiger partial charge on any atom is -0.344 e. The van der Waals surface area contributed by atoms with Crippen LogP contribution in [-0.4, -0.2) is 13.0 Å². The van der Waals surface area contributed by atoms with E-state index in [0.29, 0.717) is 0 Å². The fraction of sp³-hybridized carbons (Fsp3) is 0. The van der Waals surface area contributed by atoms with E-state index in [1.807, 2.05) is 0 Å². The Hall–Kier alpha value is -0.321. The number of nitriles is 1. The molecule has 0 saturated carbocycles. The van der Waals surface area contributed by atoms with Crippen LogP contribution in [0, 0.1) is 11.5 Å². The maximum absolute atomic E-state index is 9.34. The topological polar surface area (TPSA) is 122 Å². The van der Waals surface area contributed by atoms with Crippen molar-refractivity contribution in [3.63, 3.8) is 0 Å². The molecule has 0 heterocycles. The third kappa shape index (κ3) is 18.3. The fourth-order valence-corrected chi connectivity index (χ4v) is 0.141. The minimum atomic E-state index is -4.54. The van der Waals surface area contributed by atoms with Crippen LogP contribution < -0.4 is 6.15 Å². The summed E-state index contributed by atoms with van der Waals surface area (Å²) in [6, 6.07) is 0. The number of nitrogens with zero attached hydrogens (tertiary/aromatic N) is 1. The molecule has 0 amide bonds. The monoisotopic (exact) mass is 196 g/mol. The summed E-state index contributed by atoms with van der Waals surface area (Å²) in [4.78, 5) is 0. The molecule has 0 aliphatic carbocycles. The van der Waals surface area contributed by atoms with Crippen LogP contribution in [0.2, 0.25) is 0 Å². The average Bonchev–Trinajstić information content (AvgIpc) is 1.30. The van der Waals surface area contributed by atoms with E-state index in [1.54, 1.807) is 0 Å². The summed E-state index contributed by atoms with van der Waals surface area (Å²) in [7, 11) is -4.54. The summed E-state index contributed by atoms with van der Waals surface area (Å²) in [5.74, 6) is 0. The molecule has 0 spiro atoms. The summed E-state index contributed by atoms with van der Waals surface area (Å²) in [5, 5.41) is 7.39. The van der Waals surface area contributed by atoms with E-state index in [4.69, 9.17) is 9.81 Å². The van der Waals surface area contributed by atoms with Gasteiger partial charge in [0.1, 0.15) is 0 Å². The Morgan fingerprint density at radius 3 is 1.89 bits per heavy atom. The zero-order chi connectivity index (χ0) is 5.91. The standard InChI is InChI=1S/CHNO4S.Fe.H3N/c2-1-6-7(3,4)5;;/h(H,3,4,5);;1H3. The van der Waals surface area contributed by atoms with Gasteiger partial charge >= 0.3 is 16.7 Å². The summed E-state index contributed by atoms with van der Waals surface area (Å²) >= 11 is 0. The molecule has 0 atom stereocenters. The first-order chi connectivity index (χ1) is 3.06. The third-order valence-corrected chi connectivity index (χ3v) is 0.428. The molecule has 0 aromatic heterocycles. The van der Waals surface area contributed by atoms with Gasteiger partial charge in [0.15, 0.2) is 0 Å². The molecule has 9 heavy (non-hydrogen) atoms. The van der Waals surface area contributed by atoms with Gasteiger partial charge in [-0.15, -0.1) is 5.26 Å². The second-order valence-electron chi connectivity index (χ2n) is 0.602. The van der Waals surface area contributed by atoms with Crippen LogP contribution in [-0.2, 0) is 31.7 Å². The van der Waals surface area contributed by atoms with Crippen molar-refractivity contribution in [3.8, 4) is 6.26 Å². The van der Waals surface area contributed by atoms with Crippen LogP contribution in [0.4, 0.5) is 0 Å². The van der Waals surface area contributed by atoms with Crippen molar-refractivity contribution in [1.82, 2.24) is 6.15 Å². The summed E-state index contributed by atoms with van der Waals surface area (Å²) in [6.07, 6.45) is 0.770. The maximum Gasteiger partial charge on any atom is 0.456 e. The molecule has 0 bridgehead atoms. The van der Waals surface area contributed by atoms with Crippen LogP contribution in [0.15, 0.2) is 0 Å². The van der Waals surface area contributed by atoms with E-state index in [-0.39, 0.29) is 23.2 Å². The first-order valence-electron chi connectivity index (χ1n) is 1.11. The van der Waals surface area contributed by atoms with Gasteiger partial charge < -0.3 is 6.15 Å². The maximum atomic E-state index is 9.34. The van der Waals surface area contributed by atoms with E-state index < -0.39 is 10.4 Å². The van der Waals surface area contributed by atoms with Crippen molar-refractivity contribution in [3.05, 3.63) is 0 Å². The molecule has 4 N–H and O–H groups in total. The molecule has 0 fully saturated rings. The molecule has 0 aromatic rings. The van der Waals surface area contributed by atoms with E-state index in [2.05, 4.69) is 4.18 Å². The van der Waals surface area contributed by atoms with Gasteiger partial charge in [-0.1, -0.05) is 0 Å². The summed E-state index contributed by atoms with van der Waals surface area (Å²) in [5.41, 5.74) is 0. The molecule has 0 rings (SSSR count). The van der Waals surface area contributed by atoms with Gasteiger partial charge in [0, 0.05) is 17.1 Å². The van der Waals surface area contributed by atoms with Crippen molar-refractivity contribution in [1.29, 1.82) is 5.26 Å². The van der Waals surface area contributed by atoms with Gasteiger partial charge in [0.25, 0.3) is 0 Å². The Bertz CT molecular complexity index is 179. The first kappa shape index (κ1) is 15.9. The van der Waals surface area contributed by atoms with E-state index >= 15 is 0 Å². The number of hydrogen-bond acceptors (Lipinski definition) is 5. The van der Waals surface area contributed by atoms with Gasteiger partial charge in [-0.05, 0) is 0 Å². The molecular weight excluding hydrogens is 192 g/mol. The molecule has 0 radical (unpaired) electrons. The van der Waals surface area contributed by atoms with E-state index in [0.717, 1.165) is 6.26 Å². The van der Waals surface area contributed by atoms with Gasteiger partial charge in [-0.25, -0.2) is 0 Å². The van der Waals surface area contributed by atoms with Crippen LogP contribution >= 0.6 is 0 Å². The van der Waals surface area contributed by atoms with Gasteiger partial charge in [0.05, 0.1) is 0 Å². The smallest absolute Gasteiger partial charge is 0.344 e. The van der Waals surface area contributed by atoms with Crippen LogP contribution in [0.25, 0.3) is 0 Å². The Labute approximate surface area is 62.8 Å². The first-order valence-corrected chi connectivity index (χ1v) is 2.48. The Morgan fingerprint density at radius 2 is 1.89 bits per heavy atom. The predicted molar refractivity (Wildman–Crippen MR) is 23.3 cm³/mol. The van der Waals surface area contributed by atoms with Crippen molar-refractivity contribution in [2.24, 2.45) is 0 Å². The Kier molecular flexibility index (Phi) is 10.2. The van der Waals surface area contributed by atoms with Crippen molar-refractivity contribution in [2.45, 2.75) is 0 Å². The van der Waals surface area contributed by atoms with Crippen LogP contribution in [0.5, 0.6) is 0 Å². The average molecular weight is 196 g/mol. The van der Waals surface area contributed by atoms with Crippen LogP contribution in [0.3, 0.4) is 0 Å². The van der Waals surface area contributed by atoms with Crippen molar-refractivity contribution in [2.75, 3.05) is 0 Å². The quantitative estimate of drug-likeness (QED) is 0.329. The zero-order valence-electron chi connectivity index (χ0n) is 4.09. The molecule has 6 nitrogen and oxygen atoms in total. The molecule has 0 aliphatic rings. The molecule has 0 aromatic carbocycles. The van der Waals surface area contributed by atoms with Crippen molar-refractivity contribution >= 4 is 10.4 Å². The largest absolute Gasteiger partial charge is 0.456 e. The number of rotatable bonds is 1. The molecule has 56 valence electrons. The van der Waals surface area contributed by atoms with Crippen LogP contribution in [0.1, 0.15) is 0 Å². The van der Waals surface area contributed by atoms with Gasteiger partial charge in [0.2, 0.25) is 0 Å². The van der Waals surface area contributed by atoms with Gasteiger partial charge in [-0.2, -0.15) is 8.42 Å². The molecular formula is CH4FeN2O4S. The second kappa shape index (κ2) is 5.81. The van der Waals surface area contributed by atoms with Crippen molar-refractivity contribution < 1.29 is 34.2 Å².